The summed E-state index contributed by atoms with van der Waals surface area (Å²) in [6.07, 6.45) is 3.57. The number of likely N-dealkylation sites (tertiary alicyclic amines) is 1. The van der Waals surface area contributed by atoms with E-state index in [1.807, 2.05) is 49.4 Å². The number of carbonyl (C=O) groups excluding carboxylic acids is 2. The van der Waals surface area contributed by atoms with Crippen LogP contribution in [0.15, 0.2) is 60.0 Å². The summed E-state index contributed by atoms with van der Waals surface area (Å²) in [5.41, 5.74) is 5.22. The Labute approximate surface area is 146 Å². The Balaban J connectivity index is 1.57. The summed E-state index contributed by atoms with van der Waals surface area (Å²) in [7, 11) is 0. The smallest absolute Gasteiger partial charge is 0.245 e. The number of hydrazone groups is 1. The van der Waals surface area contributed by atoms with Gasteiger partial charge in [-0.2, -0.15) is 5.10 Å². The number of rotatable bonds is 5. The molecule has 0 bridgehead atoms. The van der Waals surface area contributed by atoms with Gasteiger partial charge in [0.15, 0.2) is 0 Å². The molecule has 3 rings (SSSR count). The summed E-state index contributed by atoms with van der Waals surface area (Å²) < 4.78 is 0. The zero-order valence-electron chi connectivity index (χ0n) is 14.1. The summed E-state index contributed by atoms with van der Waals surface area (Å²) in [5.74, 6) is -0.596. The van der Waals surface area contributed by atoms with E-state index in [-0.39, 0.29) is 24.2 Å². The largest absolute Gasteiger partial charge is 0.338 e. The molecule has 1 unspecified atom stereocenters. The summed E-state index contributed by atoms with van der Waals surface area (Å²) in [6.45, 7) is 2.77. The summed E-state index contributed by atoms with van der Waals surface area (Å²) in [5, 5.41) is 4.13. The maximum atomic E-state index is 12.3. The number of amides is 2. The van der Waals surface area contributed by atoms with Crippen molar-refractivity contribution >= 4 is 17.5 Å². The van der Waals surface area contributed by atoms with Crippen LogP contribution in [0.25, 0.3) is 0 Å². The zero-order valence-corrected chi connectivity index (χ0v) is 14.1. The fraction of sp³-hybridized carbons (Fsp3) is 0.263. The van der Waals surface area contributed by atoms with Crippen molar-refractivity contribution in [3.63, 3.8) is 0 Å². The van der Waals surface area contributed by atoms with Gasteiger partial charge in [-0.1, -0.05) is 30.3 Å². The quantitative estimate of drug-likeness (QED) is 0.670. The first-order chi connectivity index (χ1) is 12.1. The van der Waals surface area contributed by atoms with Gasteiger partial charge in [0.1, 0.15) is 0 Å². The molecule has 6 nitrogen and oxygen atoms in total. The molecule has 1 aromatic carbocycles. The van der Waals surface area contributed by atoms with E-state index in [4.69, 9.17) is 0 Å². The van der Waals surface area contributed by atoms with Crippen molar-refractivity contribution in [2.24, 2.45) is 11.0 Å². The monoisotopic (exact) mass is 336 g/mol. The van der Waals surface area contributed by atoms with Crippen molar-refractivity contribution in [2.45, 2.75) is 19.9 Å². The second kappa shape index (κ2) is 7.70. The zero-order chi connectivity index (χ0) is 17.6. The third kappa shape index (κ3) is 4.29. The Morgan fingerprint density at radius 1 is 1.24 bits per heavy atom. The molecule has 1 fully saturated rings. The van der Waals surface area contributed by atoms with Crippen LogP contribution in [0.4, 0.5) is 0 Å². The van der Waals surface area contributed by atoms with E-state index in [0.717, 1.165) is 11.1 Å². The van der Waals surface area contributed by atoms with Gasteiger partial charge in [-0.25, -0.2) is 5.43 Å². The van der Waals surface area contributed by atoms with Crippen molar-refractivity contribution in [2.75, 3.05) is 6.54 Å². The Morgan fingerprint density at radius 2 is 1.96 bits per heavy atom. The molecule has 1 aliphatic rings. The molecular weight excluding hydrogens is 316 g/mol. The highest BCUT2D eigenvalue weighted by Crippen LogP contribution is 2.20. The standard InChI is InChI=1S/C19H20N4O2/c1-14(16-7-9-20-10-8-16)21-22-19(25)17-11-18(24)23(13-17)12-15-5-3-2-4-6-15/h2-10,17H,11-13H2,1H3,(H,22,25)/b21-14+. The molecule has 2 heterocycles. The van der Waals surface area contributed by atoms with Gasteiger partial charge < -0.3 is 4.90 Å². The number of carbonyl (C=O) groups is 2. The van der Waals surface area contributed by atoms with Crippen molar-refractivity contribution in [1.82, 2.24) is 15.3 Å². The maximum Gasteiger partial charge on any atom is 0.245 e. The molecule has 0 radical (unpaired) electrons. The first kappa shape index (κ1) is 16.8. The van der Waals surface area contributed by atoms with E-state index >= 15 is 0 Å². The van der Waals surface area contributed by atoms with Gasteiger partial charge in [-0.15, -0.1) is 0 Å². The molecule has 0 spiro atoms. The summed E-state index contributed by atoms with van der Waals surface area (Å²) in [4.78, 5) is 30.1. The third-order valence-corrected chi connectivity index (χ3v) is 4.23. The average molecular weight is 336 g/mol. The van der Waals surface area contributed by atoms with E-state index in [0.29, 0.717) is 18.8 Å². The first-order valence-corrected chi connectivity index (χ1v) is 8.19. The molecule has 25 heavy (non-hydrogen) atoms. The lowest BCUT2D eigenvalue weighted by Crippen LogP contribution is -2.30. The Kier molecular flexibility index (Phi) is 5.18. The van der Waals surface area contributed by atoms with Gasteiger partial charge in [0.2, 0.25) is 11.8 Å². The highest BCUT2D eigenvalue weighted by molar-refractivity contribution is 5.99. The van der Waals surface area contributed by atoms with Crippen molar-refractivity contribution in [1.29, 1.82) is 0 Å². The van der Waals surface area contributed by atoms with E-state index in [2.05, 4.69) is 15.5 Å². The van der Waals surface area contributed by atoms with E-state index < -0.39 is 0 Å². The van der Waals surface area contributed by atoms with Crippen LogP contribution >= 0.6 is 0 Å². The van der Waals surface area contributed by atoms with Crippen LogP contribution in [0.5, 0.6) is 0 Å². The molecule has 2 amide bonds. The molecule has 1 saturated heterocycles. The van der Waals surface area contributed by atoms with Crippen molar-refractivity contribution in [3.05, 3.63) is 66.0 Å². The number of benzene rings is 1. The van der Waals surface area contributed by atoms with Crippen LogP contribution in [0, 0.1) is 5.92 Å². The molecule has 1 aromatic heterocycles. The van der Waals surface area contributed by atoms with E-state index in [9.17, 15) is 9.59 Å². The van der Waals surface area contributed by atoms with Gasteiger partial charge in [0.05, 0.1) is 11.6 Å². The minimum atomic E-state index is -0.370. The highest BCUT2D eigenvalue weighted by Gasteiger charge is 2.34. The lowest BCUT2D eigenvalue weighted by atomic mass is 10.1. The normalized spacial score (nSPS) is 17.6. The lowest BCUT2D eigenvalue weighted by molar-refractivity contribution is -0.129. The van der Waals surface area contributed by atoms with Gasteiger partial charge in [-0.3, -0.25) is 14.6 Å². The summed E-state index contributed by atoms with van der Waals surface area (Å²) in [6, 6.07) is 13.4. The topological polar surface area (TPSA) is 74.7 Å². The van der Waals surface area contributed by atoms with Crippen molar-refractivity contribution < 1.29 is 9.59 Å². The third-order valence-electron chi connectivity index (χ3n) is 4.23. The van der Waals surface area contributed by atoms with Gasteiger partial charge in [0.25, 0.3) is 0 Å². The molecule has 1 aliphatic heterocycles. The molecule has 128 valence electrons. The number of nitrogens with one attached hydrogen (secondary N) is 1. The second-order valence-electron chi connectivity index (χ2n) is 6.07. The van der Waals surface area contributed by atoms with Crippen LogP contribution in [0.1, 0.15) is 24.5 Å². The maximum absolute atomic E-state index is 12.3. The molecule has 1 atom stereocenters. The SMILES string of the molecule is C/C(=N\NC(=O)C1CC(=O)N(Cc2ccccc2)C1)c1ccncc1. The Morgan fingerprint density at radius 3 is 2.68 bits per heavy atom. The predicted molar refractivity (Wildman–Crippen MR) is 94.6 cm³/mol. The second-order valence-corrected chi connectivity index (χ2v) is 6.07. The number of hydrogen-bond donors (Lipinski definition) is 1. The first-order valence-electron chi connectivity index (χ1n) is 8.19. The van der Waals surface area contributed by atoms with Gasteiger partial charge in [0, 0.05) is 37.5 Å². The molecule has 0 saturated carbocycles. The van der Waals surface area contributed by atoms with Gasteiger partial charge >= 0.3 is 0 Å². The lowest BCUT2D eigenvalue weighted by Gasteiger charge is -2.16. The number of pyridine rings is 1. The molecule has 0 aliphatic carbocycles. The fourth-order valence-corrected chi connectivity index (χ4v) is 2.79. The highest BCUT2D eigenvalue weighted by atomic mass is 16.2. The molecule has 2 aromatic rings. The molecule has 1 N–H and O–H groups in total. The Bertz CT molecular complexity index is 775. The van der Waals surface area contributed by atoms with Crippen LogP contribution in [0.2, 0.25) is 0 Å². The number of hydrogen-bond acceptors (Lipinski definition) is 4. The van der Waals surface area contributed by atoms with E-state index in [1.165, 1.54) is 0 Å². The molecular formula is C19H20N4O2. The van der Waals surface area contributed by atoms with Crippen molar-refractivity contribution in [3.8, 4) is 0 Å². The number of nitrogens with zero attached hydrogens (tertiary/aromatic N) is 3. The van der Waals surface area contributed by atoms with Crippen LogP contribution in [0.3, 0.4) is 0 Å². The van der Waals surface area contributed by atoms with E-state index in [1.54, 1.807) is 17.3 Å². The van der Waals surface area contributed by atoms with Gasteiger partial charge in [-0.05, 0) is 24.6 Å². The minimum absolute atomic E-state index is 0.00108. The summed E-state index contributed by atoms with van der Waals surface area (Å²) >= 11 is 0. The predicted octanol–water partition coefficient (Wildman–Crippen LogP) is 1.97. The minimum Gasteiger partial charge on any atom is -0.338 e. The average Bonchev–Trinajstić information content (AvgIpc) is 3.01. The van der Waals surface area contributed by atoms with Crippen LogP contribution in [-0.2, 0) is 16.1 Å². The number of aromatic nitrogens is 1. The molecule has 6 heteroatoms. The fourth-order valence-electron chi connectivity index (χ4n) is 2.79. The Hall–Kier alpha value is -3.02. The van der Waals surface area contributed by atoms with Crippen LogP contribution < -0.4 is 5.43 Å². The van der Waals surface area contributed by atoms with Crippen LogP contribution in [-0.4, -0.2) is 34.0 Å².